The summed E-state index contributed by atoms with van der Waals surface area (Å²) in [6, 6.07) is 16.5. The van der Waals surface area contributed by atoms with Gasteiger partial charge >= 0.3 is 0 Å². The molecule has 0 saturated heterocycles. The van der Waals surface area contributed by atoms with E-state index in [1.807, 2.05) is 49.4 Å². The van der Waals surface area contributed by atoms with E-state index in [1.54, 1.807) is 24.5 Å². The topological polar surface area (TPSA) is 90.1 Å². The second kappa shape index (κ2) is 8.39. The molecule has 0 radical (unpaired) electrons. The number of hydrogen-bond donors (Lipinski definition) is 2. The van der Waals surface area contributed by atoms with Crippen molar-refractivity contribution in [3.63, 3.8) is 0 Å². The van der Waals surface area contributed by atoms with Gasteiger partial charge in [0.25, 0.3) is 5.91 Å². The zero-order valence-corrected chi connectivity index (χ0v) is 16.9. The highest BCUT2D eigenvalue weighted by Gasteiger charge is 2.13. The van der Waals surface area contributed by atoms with Crippen LogP contribution in [0.15, 0.2) is 73.2 Å². The molecule has 2 aromatic heterocycles. The van der Waals surface area contributed by atoms with Crippen molar-refractivity contribution in [3.8, 4) is 5.75 Å². The van der Waals surface area contributed by atoms with Crippen LogP contribution in [0.2, 0.25) is 5.02 Å². The normalized spacial score (nSPS) is 11.8. The number of aromatic nitrogens is 2. The number of carbonyl (C=O) groups is 1. The first-order valence-corrected chi connectivity index (χ1v) is 9.70. The number of benzene rings is 2. The van der Waals surface area contributed by atoms with Gasteiger partial charge in [-0.25, -0.2) is 4.98 Å². The monoisotopic (exact) mass is 418 g/mol. The SMILES string of the molecule is CC(Oc1cc(Cl)cnc1N)c1cccc(NC(=O)c2ccc3cnccc3c2)c1. The number of nitrogens with two attached hydrogens (primary N) is 1. The van der Waals surface area contributed by atoms with Gasteiger partial charge in [0.15, 0.2) is 11.6 Å². The van der Waals surface area contributed by atoms with Crippen molar-refractivity contribution in [3.05, 3.63) is 89.3 Å². The van der Waals surface area contributed by atoms with Crippen LogP contribution >= 0.6 is 11.6 Å². The molecule has 0 spiro atoms. The third-order valence-corrected chi connectivity index (χ3v) is 4.88. The number of pyridine rings is 2. The average molecular weight is 419 g/mol. The van der Waals surface area contributed by atoms with Gasteiger partial charge in [0.2, 0.25) is 0 Å². The number of nitrogens with one attached hydrogen (secondary N) is 1. The van der Waals surface area contributed by atoms with E-state index in [1.165, 1.54) is 6.20 Å². The molecule has 1 atom stereocenters. The quantitative estimate of drug-likeness (QED) is 0.461. The van der Waals surface area contributed by atoms with Gasteiger partial charge in [-0.1, -0.05) is 29.8 Å². The fraction of sp³-hybridized carbons (Fsp3) is 0.0870. The first-order chi connectivity index (χ1) is 14.5. The number of nitrogens with zero attached hydrogens (tertiary/aromatic N) is 2. The van der Waals surface area contributed by atoms with Gasteiger partial charge in [0.05, 0.1) is 5.02 Å². The van der Waals surface area contributed by atoms with Gasteiger partial charge in [-0.15, -0.1) is 0 Å². The molecule has 7 heteroatoms. The van der Waals surface area contributed by atoms with Crippen LogP contribution in [0.1, 0.15) is 28.9 Å². The lowest BCUT2D eigenvalue weighted by Gasteiger charge is -2.17. The molecule has 2 aromatic carbocycles. The van der Waals surface area contributed by atoms with Crippen molar-refractivity contribution in [1.82, 2.24) is 9.97 Å². The second-order valence-corrected chi connectivity index (χ2v) is 7.25. The summed E-state index contributed by atoms with van der Waals surface area (Å²) in [5.41, 5.74) is 7.97. The van der Waals surface area contributed by atoms with Gasteiger partial charge in [-0.3, -0.25) is 9.78 Å². The second-order valence-electron chi connectivity index (χ2n) is 6.81. The van der Waals surface area contributed by atoms with Gasteiger partial charge in [-0.05, 0) is 48.2 Å². The Morgan fingerprint density at radius 3 is 2.83 bits per heavy atom. The molecular formula is C23H19ClN4O2. The van der Waals surface area contributed by atoms with Crippen LogP contribution in [0.4, 0.5) is 11.5 Å². The molecule has 6 nitrogen and oxygen atoms in total. The Kier molecular flexibility index (Phi) is 5.50. The molecule has 0 saturated carbocycles. The van der Waals surface area contributed by atoms with E-state index >= 15 is 0 Å². The molecule has 4 rings (SSSR count). The Bertz CT molecular complexity index is 1230. The lowest BCUT2D eigenvalue weighted by Crippen LogP contribution is -2.12. The van der Waals surface area contributed by atoms with Crippen molar-refractivity contribution in [1.29, 1.82) is 0 Å². The largest absolute Gasteiger partial charge is 0.482 e. The lowest BCUT2D eigenvalue weighted by atomic mass is 10.1. The maximum atomic E-state index is 12.7. The third-order valence-electron chi connectivity index (χ3n) is 4.67. The molecule has 3 N–H and O–H groups in total. The number of nitrogen functional groups attached to an aromatic ring is 1. The van der Waals surface area contributed by atoms with Crippen molar-refractivity contribution in [2.24, 2.45) is 0 Å². The molecule has 30 heavy (non-hydrogen) atoms. The van der Waals surface area contributed by atoms with Gasteiger partial charge < -0.3 is 15.8 Å². The minimum absolute atomic E-state index is 0.192. The van der Waals surface area contributed by atoms with Crippen LogP contribution in [0.3, 0.4) is 0 Å². The predicted molar refractivity (Wildman–Crippen MR) is 119 cm³/mol. The minimum Gasteiger partial charge on any atom is -0.482 e. The highest BCUT2D eigenvalue weighted by atomic mass is 35.5. The number of carbonyl (C=O) groups excluding carboxylic acids is 1. The molecule has 4 aromatic rings. The van der Waals surface area contributed by atoms with Crippen LogP contribution in [0.25, 0.3) is 10.8 Å². The maximum Gasteiger partial charge on any atom is 0.255 e. The average Bonchev–Trinajstić information content (AvgIpc) is 2.76. The standard InChI is InChI=1S/C23H19ClN4O2/c1-14(30-21-11-19(24)13-27-22(21)25)15-3-2-4-20(10-15)28-23(29)17-5-6-18-12-26-8-7-16(18)9-17/h2-14H,1H3,(H2,25,27)(H,28,29). The molecule has 0 aliphatic carbocycles. The zero-order chi connectivity index (χ0) is 21.1. The first-order valence-electron chi connectivity index (χ1n) is 9.32. The van der Waals surface area contributed by atoms with Gasteiger partial charge in [0.1, 0.15) is 6.10 Å². The Balaban J connectivity index is 1.50. The van der Waals surface area contributed by atoms with Crippen LogP contribution < -0.4 is 15.8 Å². The van der Waals surface area contributed by atoms with E-state index in [-0.39, 0.29) is 17.8 Å². The number of fused-ring (bicyclic) bond motifs is 1. The minimum atomic E-state index is -0.322. The van der Waals surface area contributed by atoms with Crippen LogP contribution in [0.5, 0.6) is 5.75 Å². The van der Waals surface area contributed by atoms with E-state index in [2.05, 4.69) is 15.3 Å². The summed E-state index contributed by atoms with van der Waals surface area (Å²) in [5.74, 6) is 0.486. The molecular weight excluding hydrogens is 400 g/mol. The van der Waals surface area contributed by atoms with E-state index in [0.717, 1.165) is 16.3 Å². The molecule has 0 bridgehead atoms. The van der Waals surface area contributed by atoms with Crippen molar-refractivity contribution in [2.75, 3.05) is 11.1 Å². The van der Waals surface area contributed by atoms with E-state index in [4.69, 9.17) is 22.1 Å². The molecule has 0 aliphatic rings. The highest BCUT2D eigenvalue weighted by molar-refractivity contribution is 6.30. The fourth-order valence-electron chi connectivity index (χ4n) is 3.08. The lowest BCUT2D eigenvalue weighted by molar-refractivity contribution is 0.102. The molecule has 1 unspecified atom stereocenters. The van der Waals surface area contributed by atoms with Crippen molar-refractivity contribution >= 4 is 39.8 Å². The van der Waals surface area contributed by atoms with Crippen LogP contribution in [-0.4, -0.2) is 15.9 Å². The molecule has 0 fully saturated rings. The van der Waals surface area contributed by atoms with E-state index in [9.17, 15) is 4.79 Å². The van der Waals surface area contributed by atoms with Crippen molar-refractivity contribution in [2.45, 2.75) is 13.0 Å². The molecule has 1 amide bonds. The van der Waals surface area contributed by atoms with Crippen LogP contribution in [0, 0.1) is 0 Å². The van der Waals surface area contributed by atoms with Gasteiger partial charge in [0, 0.05) is 41.3 Å². The van der Waals surface area contributed by atoms with Gasteiger partial charge in [-0.2, -0.15) is 0 Å². The highest BCUT2D eigenvalue weighted by Crippen LogP contribution is 2.29. The first kappa shape index (κ1) is 19.7. The summed E-state index contributed by atoms with van der Waals surface area (Å²) >= 11 is 5.97. The number of rotatable bonds is 5. The van der Waals surface area contributed by atoms with Crippen molar-refractivity contribution < 1.29 is 9.53 Å². The number of hydrogen-bond acceptors (Lipinski definition) is 5. The Hall–Kier alpha value is -3.64. The molecule has 150 valence electrons. The summed E-state index contributed by atoms with van der Waals surface area (Å²) < 4.78 is 5.91. The number of amides is 1. The maximum absolute atomic E-state index is 12.7. The predicted octanol–water partition coefficient (Wildman–Crippen LogP) is 5.26. The number of anilines is 2. The summed E-state index contributed by atoms with van der Waals surface area (Å²) in [4.78, 5) is 20.8. The summed E-state index contributed by atoms with van der Waals surface area (Å²) in [6.45, 7) is 1.89. The third kappa shape index (κ3) is 4.34. The number of ether oxygens (including phenoxy) is 1. The zero-order valence-electron chi connectivity index (χ0n) is 16.2. The Morgan fingerprint density at radius 1 is 1.10 bits per heavy atom. The Labute approximate surface area is 178 Å². The summed E-state index contributed by atoms with van der Waals surface area (Å²) in [6.07, 6.45) is 4.62. The molecule has 2 heterocycles. The number of halogens is 1. The summed E-state index contributed by atoms with van der Waals surface area (Å²) in [5, 5.41) is 5.32. The van der Waals surface area contributed by atoms with E-state index in [0.29, 0.717) is 22.0 Å². The van der Waals surface area contributed by atoms with Crippen LogP contribution in [-0.2, 0) is 0 Å². The molecule has 0 aliphatic heterocycles. The summed E-state index contributed by atoms with van der Waals surface area (Å²) in [7, 11) is 0. The smallest absolute Gasteiger partial charge is 0.255 e. The van der Waals surface area contributed by atoms with E-state index < -0.39 is 0 Å². The Morgan fingerprint density at radius 2 is 1.97 bits per heavy atom. The fourth-order valence-corrected chi connectivity index (χ4v) is 3.23.